The second kappa shape index (κ2) is 8.96. The van der Waals surface area contributed by atoms with Crippen molar-refractivity contribution in [3.8, 4) is 5.95 Å². The van der Waals surface area contributed by atoms with Crippen LogP contribution in [-0.2, 0) is 22.4 Å². The van der Waals surface area contributed by atoms with E-state index in [1.807, 2.05) is 37.3 Å². The molecule has 0 aliphatic rings. The van der Waals surface area contributed by atoms with Crippen molar-refractivity contribution in [1.82, 2.24) is 25.1 Å². The van der Waals surface area contributed by atoms with E-state index in [1.165, 1.54) is 10.7 Å². The highest BCUT2D eigenvalue weighted by Gasteiger charge is 2.18. The van der Waals surface area contributed by atoms with Gasteiger partial charge in [-0.3, -0.25) is 19.4 Å². The van der Waals surface area contributed by atoms with Gasteiger partial charge < -0.3 is 10.6 Å². The number of hydrogen-bond acceptors (Lipinski definition) is 5. The Labute approximate surface area is 167 Å². The molecule has 0 aliphatic heterocycles. The van der Waals surface area contributed by atoms with Crippen LogP contribution >= 0.6 is 0 Å². The highest BCUT2D eigenvalue weighted by atomic mass is 16.2. The SMILES string of the molecule is CCc1cc(=O)[nH]c(-n2nc(C)cc2NC(=O)C(=O)NCCc2ccccc2)n1. The van der Waals surface area contributed by atoms with Crippen LogP contribution in [0.5, 0.6) is 0 Å². The van der Waals surface area contributed by atoms with E-state index in [4.69, 9.17) is 0 Å². The third-order valence-electron chi connectivity index (χ3n) is 4.17. The number of aryl methyl sites for hydroxylation is 2. The highest BCUT2D eigenvalue weighted by molar-refractivity contribution is 6.39. The topological polar surface area (TPSA) is 122 Å². The number of aromatic amines is 1. The van der Waals surface area contributed by atoms with E-state index in [9.17, 15) is 14.4 Å². The lowest BCUT2D eigenvalue weighted by molar-refractivity contribution is -0.136. The van der Waals surface area contributed by atoms with Crippen molar-refractivity contribution < 1.29 is 9.59 Å². The quantitative estimate of drug-likeness (QED) is 0.541. The maximum absolute atomic E-state index is 12.3. The van der Waals surface area contributed by atoms with E-state index in [2.05, 4.69) is 25.7 Å². The molecular weight excluding hydrogens is 372 g/mol. The Balaban J connectivity index is 1.68. The van der Waals surface area contributed by atoms with Gasteiger partial charge in [0, 0.05) is 24.4 Å². The molecule has 9 heteroatoms. The van der Waals surface area contributed by atoms with Crippen molar-refractivity contribution in [2.45, 2.75) is 26.7 Å². The van der Waals surface area contributed by atoms with E-state index < -0.39 is 11.8 Å². The van der Waals surface area contributed by atoms with Gasteiger partial charge in [0.2, 0.25) is 5.95 Å². The largest absolute Gasteiger partial charge is 0.347 e. The Bertz CT molecular complexity index is 1070. The molecule has 2 aromatic heterocycles. The first kappa shape index (κ1) is 20.0. The van der Waals surface area contributed by atoms with Gasteiger partial charge in [0.25, 0.3) is 5.56 Å². The Hall–Kier alpha value is -3.75. The summed E-state index contributed by atoms with van der Waals surface area (Å²) >= 11 is 0. The van der Waals surface area contributed by atoms with Crippen LogP contribution in [0.3, 0.4) is 0 Å². The van der Waals surface area contributed by atoms with Crippen LogP contribution in [0.4, 0.5) is 5.82 Å². The summed E-state index contributed by atoms with van der Waals surface area (Å²) < 4.78 is 1.30. The number of benzene rings is 1. The average molecular weight is 394 g/mol. The molecule has 0 saturated carbocycles. The van der Waals surface area contributed by atoms with Crippen molar-refractivity contribution in [3.63, 3.8) is 0 Å². The summed E-state index contributed by atoms with van der Waals surface area (Å²) in [6, 6.07) is 12.6. The summed E-state index contributed by atoms with van der Waals surface area (Å²) in [6.07, 6.45) is 1.19. The van der Waals surface area contributed by atoms with Crippen LogP contribution in [0.1, 0.15) is 23.9 Å². The minimum absolute atomic E-state index is 0.169. The highest BCUT2D eigenvalue weighted by Crippen LogP contribution is 2.14. The van der Waals surface area contributed by atoms with Crippen molar-refractivity contribution in [2.75, 3.05) is 11.9 Å². The number of anilines is 1. The van der Waals surface area contributed by atoms with Gasteiger partial charge in [0.1, 0.15) is 5.82 Å². The van der Waals surface area contributed by atoms with E-state index in [0.29, 0.717) is 30.8 Å². The smallest absolute Gasteiger partial charge is 0.314 e. The molecule has 3 aromatic rings. The zero-order valence-electron chi connectivity index (χ0n) is 16.2. The molecule has 0 bridgehead atoms. The summed E-state index contributed by atoms with van der Waals surface area (Å²) in [7, 11) is 0. The van der Waals surface area contributed by atoms with Crippen molar-refractivity contribution in [3.05, 3.63) is 69.8 Å². The summed E-state index contributed by atoms with van der Waals surface area (Å²) in [5.41, 5.74) is 1.92. The van der Waals surface area contributed by atoms with Crippen molar-refractivity contribution >= 4 is 17.6 Å². The van der Waals surface area contributed by atoms with E-state index in [-0.39, 0.29) is 17.3 Å². The van der Waals surface area contributed by atoms with Gasteiger partial charge in [0.15, 0.2) is 0 Å². The molecule has 2 heterocycles. The summed E-state index contributed by atoms with van der Waals surface area (Å²) in [6.45, 7) is 3.94. The van der Waals surface area contributed by atoms with Crippen LogP contribution in [0.25, 0.3) is 5.95 Å². The third-order valence-corrected chi connectivity index (χ3v) is 4.17. The zero-order chi connectivity index (χ0) is 20.8. The molecule has 9 nitrogen and oxygen atoms in total. The molecule has 0 radical (unpaired) electrons. The number of aromatic nitrogens is 4. The normalized spacial score (nSPS) is 10.6. The molecule has 0 fully saturated rings. The lowest BCUT2D eigenvalue weighted by atomic mass is 10.1. The first-order valence-electron chi connectivity index (χ1n) is 9.26. The summed E-state index contributed by atoms with van der Waals surface area (Å²) in [5, 5.41) is 9.36. The van der Waals surface area contributed by atoms with Gasteiger partial charge in [-0.05, 0) is 25.3 Å². The van der Waals surface area contributed by atoms with Gasteiger partial charge in [-0.2, -0.15) is 9.78 Å². The Morgan fingerprint density at radius 3 is 2.62 bits per heavy atom. The second-order valence-corrected chi connectivity index (χ2v) is 6.44. The van der Waals surface area contributed by atoms with Crippen LogP contribution in [-0.4, -0.2) is 38.1 Å². The number of amides is 2. The van der Waals surface area contributed by atoms with Gasteiger partial charge in [-0.25, -0.2) is 4.98 Å². The number of carbonyl (C=O) groups excluding carboxylic acids is 2. The number of nitrogens with one attached hydrogen (secondary N) is 3. The summed E-state index contributed by atoms with van der Waals surface area (Å²) in [4.78, 5) is 43.2. The molecular formula is C20H22N6O3. The second-order valence-electron chi connectivity index (χ2n) is 6.44. The third kappa shape index (κ3) is 5.16. The fraction of sp³-hybridized carbons (Fsp3) is 0.250. The van der Waals surface area contributed by atoms with E-state index in [1.54, 1.807) is 13.0 Å². The van der Waals surface area contributed by atoms with Gasteiger partial charge in [-0.15, -0.1) is 0 Å². The number of carbonyl (C=O) groups is 2. The van der Waals surface area contributed by atoms with Crippen LogP contribution in [0.2, 0.25) is 0 Å². The van der Waals surface area contributed by atoms with Gasteiger partial charge in [-0.1, -0.05) is 37.3 Å². The van der Waals surface area contributed by atoms with Crippen LogP contribution < -0.4 is 16.2 Å². The number of hydrogen-bond donors (Lipinski definition) is 3. The molecule has 0 spiro atoms. The van der Waals surface area contributed by atoms with Crippen LogP contribution in [0.15, 0.2) is 47.3 Å². The standard InChI is InChI=1S/C20H22N6O3/c1-3-15-12-17(27)24-20(22-15)26-16(11-13(2)25-26)23-19(29)18(28)21-10-9-14-7-5-4-6-8-14/h4-8,11-12H,3,9-10H2,1-2H3,(H,21,28)(H,23,29)(H,22,24,27). The molecule has 1 aromatic carbocycles. The molecule has 3 N–H and O–H groups in total. The molecule has 3 rings (SSSR count). The predicted molar refractivity (Wildman–Crippen MR) is 108 cm³/mol. The lowest BCUT2D eigenvalue weighted by Crippen LogP contribution is -2.37. The Morgan fingerprint density at radius 2 is 1.90 bits per heavy atom. The Morgan fingerprint density at radius 1 is 1.14 bits per heavy atom. The molecule has 0 unspecified atom stereocenters. The van der Waals surface area contributed by atoms with Crippen molar-refractivity contribution in [1.29, 1.82) is 0 Å². The fourth-order valence-electron chi connectivity index (χ4n) is 2.74. The van der Waals surface area contributed by atoms with E-state index >= 15 is 0 Å². The maximum atomic E-state index is 12.3. The van der Waals surface area contributed by atoms with Gasteiger partial charge >= 0.3 is 11.8 Å². The molecule has 150 valence electrons. The zero-order valence-corrected chi connectivity index (χ0v) is 16.2. The number of H-pyrrole nitrogens is 1. The first-order valence-corrected chi connectivity index (χ1v) is 9.26. The average Bonchev–Trinajstić information content (AvgIpc) is 3.08. The molecule has 2 amide bonds. The predicted octanol–water partition coefficient (Wildman–Crippen LogP) is 1.12. The fourth-order valence-corrected chi connectivity index (χ4v) is 2.74. The molecule has 0 atom stereocenters. The molecule has 0 aliphatic carbocycles. The first-order chi connectivity index (χ1) is 14.0. The minimum atomic E-state index is -0.826. The molecule has 0 saturated heterocycles. The molecule has 29 heavy (non-hydrogen) atoms. The van der Waals surface area contributed by atoms with Crippen molar-refractivity contribution in [2.24, 2.45) is 0 Å². The Kier molecular flexibility index (Phi) is 6.18. The minimum Gasteiger partial charge on any atom is -0.347 e. The summed E-state index contributed by atoms with van der Waals surface area (Å²) in [5.74, 6) is -1.17. The van der Waals surface area contributed by atoms with E-state index in [0.717, 1.165) is 5.56 Å². The monoisotopic (exact) mass is 394 g/mol. The number of nitrogens with zero attached hydrogens (tertiary/aromatic N) is 3. The maximum Gasteiger partial charge on any atom is 0.314 e. The van der Waals surface area contributed by atoms with Gasteiger partial charge in [0.05, 0.1) is 5.69 Å². The van der Waals surface area contributed by atoms with Crippen LogP contribution in [0, 0.1) is 6.92 Å². The lowest BCUT2D eigenvalue weighted by Gasteiger charge is -2.09. The number of rotatable bonds is 6.